The third kappa shape index (κ3) is 3.14. The average molecular weight is 317 g/mol. The van der Waals surface area contributed by atoms with E-state index in [2.05, 4.69) is 60.8 Å². The van der Waals surface area contributed by atoms with Gasteiger partial charge in [-0.2, -0.15) is 0 Å². The van der Waals surface area contributed by atoms with Gasteiger partial charge in [0.25, 0.3) is 0 Å². The molecule has 0 spiro atoms. The van der Waals surface area contributed by atoms with Crippen molar-refractivity contribution < 1.29 is 4.79 Å². The van der Waals surface area contributed by atoms with Gasteiger partial charge in [-0.25, -0.2) is 0 Å². The topological polar surface area (TPSA) is 29.1 Å². The summed E-state index contributed by atoms with van der Waals surface area (Å²) in [6, 6.07) is 17.7. The largest absolute Gasteiger partial charge is 0.385 e. The van der Waals surface area contributed by atoms with Crippen LogP contribution in [-0.2, 0) is 17.6 Å². The molecule has 0 saturated carbocycles. The van der Waals surface area contributed by atoms with Gasteiger partial charge >= 0.3 is 0 Å². The summed E-state index contributed by atoms with van der Waals surface area (Å²) < 4.78 is 0. The molecule has 2 nitrogen and oxygen atoms in total. The van der Waals surface area contributed by atoms with Gasteiger partial charge in [0.05, 0.1) is 0 Å². The molecular formula is C22H23NO. The Morgan fingerprint density at radius 1 is 0.875 bits per heavy atom. The predicted octanol–water partition coefficient (Wildman–Crippen LogP) is 4.08. The van der Waals surface area contributed by atoms with E-state index in [0.29, 0.717) is 18.4 Å². The van der Waals surface area contributed by atoms with E-state index in [4.69, 9.17) is 0 Å². The van der Waals surface area contributed by atoms with E-state index in [-0.39, 0.29) is 5.78 Å². The minimum atomic E-state index is 0.241. The zero-order valence-electron chi connectivity index (χ0n) is 14.1. The number of hydrogen-bond acceptors (Lipinski definition) is 2. The molecule has 2 aromatic rings. The summed E-state index contributed by atoms with van der Waals surface area (Å²) in [5.41, 5.74) is 6.52. The van der Waals surface area contributed by atoms with Crippen molar-refractivity contribution in [3.05, 3.63) is 82.6 Å². The van der Waals surface area contributed by atoms with Gasteiger partial charge in [-0.3, -0.25) is 4.79 Å². The van der Waals surface area contributed by atoms with Crippen LogP contribution in [-0.4, -0.2) is 11.8 Å². The molecule has 122 valence electrons. The molecule has 0 aliphatic heterocycles. The van der Waals surface area contributed by atoms with E-state index >= 15 is 0 Å². The van der Waals surface area contributed by atoms with E-state index in [9.17, 15) is 4.79 Å². The third-order valence-electron chi connectivity index (χ3n) is 5.24. The van der Waals surface area contributed by atoms with E-state index in [1.165, 1.54) is 22.3 Å². The van der Waals surface area contributed by atoms with Gasteiger partial charge in [-0.1, -0.05) is 54.1 Å². The SMILES string of the molecule is Cc1ccc([C@@H]2CC(=O)C=C(NC3Cc4ccccc4C3)C2)cc1. The lowest BCUT2D eigenvalue weighted by atomic mass is 9.85. The molecule has 0 fully saturated rings. The lowest BCUT2D eigenvalue weighted by Crippen LogP contribution is -2.32. The Hall–Kier alpha value is -2.35. The van der Waals surface area contributed by atoms with Crippen LogP contribution in [0.2, 0.25) is 0 Å². The van der Waals surface area contributed by atoms with Gasteiger partial charge in [0, 0.05) is 24.2 Å². The molecule has 0 bridgehead atoms. The molecule has 2 aromatic carbocycles. The fourth-order valence-electron chi connectivity index (χ4n) is 3.99. The fourth-order valence-corrected chi connectivity index (χ4v) is 3.99. The standard InChI is InChI=1S/C22H23NO/c1-15-6-8-16(9-7-15)19-12-21(14-22(24)13-19)23-20-10-17-4-2-3-5-18(17)11-20/h2-9,14,19-20,23H,10-13H2,1H3/t19-/m0/s1. The van der Waals surface area contributed by atoms with E-state index in [1.54, 1.807) is 0 Å². The van der Waals surface area contributed by atoms with Crippen molar-refractivity contribution >= 4 is 5.78 Å². The molecule has 2 aliphatic rings. The van der Waals surface area contributed by atoms with Crippen LogP contribution in [0.25, 0.3) is 0 Å². The van der Waals surface area contributed by atoms with Crippen LogP contribution >= 0.6 is 0 Å². The van der Waals surface area contributed by atoms with Crippen LogP contribution in [0, 0.1) is 6.92 Å². The van der Waals surface area contributed by atoms with Crippen molar-refractivity contribution in [2.24, 2.45) is 0 Å². The van der Waals surface area contributed by atoms with Crippen LogP contribution in [0.1, 0.15) is 41.0 Å². The first kappa shape index (κ1) is 15.2. The van der Waals surface area contributed by atoms with Gasteiger partial charge in [0.1, 0.15) is 0 Å². The van der Waals surface area contributed by atoms with Crippen LogP contribution in [0.4, 0.5) is 0 Å². The number of carbonyl (C=O) groups excluding carboxylic acids is 1. The van der Waals surface area contributed by atoms with Crippen LogP contribution in [0.15, 0.2) is 60.3 Å². The second kappa shape index (κ2) is 6.27. The number of allylic oxidation sites excluding steroid dienone is 2. The third-order valence-corrected chi connectivity index (χ3v) is 5.24. The highest BCUT2D eigenvalue weighted by molar-refractivity contribution is 5.92. The molecule has 2 heteroatoms. The Labute approximate surface area is 143 Å². The first-order valence-corrected chi connectivity index (χ1v) is 8.80. The Morgan fingerprint density at radius 3 is 2.21 bits per heavy atom. The summed E-state index contributed by atoms with van der Waals surface area (Å²) in [6.07, 6.45) is 5.49. The van der Waals surface area contributed by atoms with Crippen molar-refractivity contribution in [1.82, 2.24) is 5.32 Å². The molecule has 0 aromatic heterocycles. The van der Waals surface area contributed by atoms with Crippen molar-refractivity contribution in [2.45, 2.75) is 44.6 Å². The number of hydrogen-bond donors (Lipinski definition) is 1. The first-order chi connectivity index (χ1) is 11.7. The summed E-state index contributed by atoms with van der Waals surface area (Å²) in [7, 11) is 0. The van der Waals surface area contributed by atoms with Gasteiger partial charge < -0.3 is 5.32 Å². The first-order valence-electron chi connectivity index (χ1n) is 8.80. The Balaban J connectivity index is 1.46. The molecule has 0 saturated heterocycles. The lowest BCUT2D eigenvalue weighted by molar-refractivity contribution is -0.115. The van der Waals surface area contributed by atoms with Gasteiger partial charge in [-0.05, 0) is 48.8 Å². The molecule has 0 heterocycles. The number of benzene rings is 2. The summed E-state index contributed by atoms with van der Waals surface area (Å²) >= 11 is 0. The minimum Gasteiger partial charge on any atom is -0.385 e. The molecule has 4 rings (SSSR count). The zero-order valence-corrected chi connectivity index (χ0v) is 14.1. The Morgan fingerprint density at radius 2 is 1.54 bits per heavy atom. The second-order valence-corrected chi connectivity index (χ2v) is 7.17. The lowest BCUT2D eigenvalue weighted by Gasteiger charge is -2.26. The number of aryl methyl sites for hydroxylation is 1. The molecule has 2 aliphatic carbocycles. The van der Waals surface area contributed by atoms with E-state index in [0.717, 1.165) is 25.0 Å². The highest BCUT2D eigenvalue weighted by Gasteiger charge is 2.26. The minimum absolute atomic E-state index is 0.241. The summed E-state index contributed by atoms with van der Waals surface area (Å²) in [5, 5.41) is 3.65. The fraction of sp³-hybridized carbons (Fsp3) is 0.318. The highest BCUT2D eigenvalue weighted by Crippen LogP contribution is 2.32. The maximum Gasteiger partial charge on any atom is 0.158 e. The van der Waals surface area contributed by atoms with E-state index < -0.39 is 0 Å². The average Bonchev–Trinajstić information content (AvgIpc) is 2.97. The molecule has 24 heavy (non-hydrogen) atoms. The highest BCUT2D eigenvalue weighted by atomic mass is 16.1. The molecule has 0 unspecified atom stereocenters. The van der Waals surface area contributed by atoms with Gasteiger partial charge in [-0.15, -0.1) is 0 Å². The molecule has 0 amide bonds. The molecule has 0 radical (unpaired) electrons. The summed E-state index contributed by atoms with van der Waals surface area (Å²) in [5.74, 6) is 0.541. The van der Waals surface area contributed by atoms with Crippen LogP contribution in [0.3, 0.4) is 0 Å². The monoisotopic (exact) mass is 317 g/mol. The number of carbonyl (C=O) groups is 1. The maximum absolute atomic E-state index is 12.2. The number of fused-ring (bicyclic) bond motifs is 1. The van der Waals surface area contributed by atoms with Crippen molar-refractivity contribution in [1.29, 1.82) is 0 Å². The molecular weight excluding hydrogens is 294 g/mol. The Bertz CT molecular complexity index is 763. The Kier molecular flexibility index (Phi) is 3.97. The van der Waals surface area contributed by atoms with Crippen LogP contribution < -0.4 is 5.32 Å². The molecule has 1 N–H and O–H groups in total. The van der Waals surface area contributed by atoms with Crippen molar-refractivity contribution in [2.75, 3.05) is 0 Å². The number of ketones is 1. The van der Waals surface area contributed by atoms with Crippen molar-refractivity contribution in [3.8, 4) is 0 Å². The summed E-state index contributed by atoms with van der Waals surface area (Å²) in [4.78, 5) is 12.2. The van der Waals surface area contributed by atoms with E-state index in [1.807, 2.05) is 6.08 Å². The normalized spacial score (nSPS) is 20.6. The quantitative estimate of drug-likeness (QED) is 0.924. The number of rotatable bonds is 3. The smallest absolute Gasteiger partial charge is 0.158 e. The van der Waals surface area contributed by atoms with Gasteiger partial charge in [0.2, 0.25) is 0 Å². The summed E-state index contributed by atoms with van der Waals surface area (Å²) in [6.45, 7) is 2.10. The predicted molar refractivity (Wildman–Crippen MR) is 97.0 cm³/mol. The molecule has 1 atom stereocenters. The van der Waals surface area contributed by atoms with Gasteiger partial charge in [0.15, 0.2) is 5.78 Å². The maximum atomic E-state index is 12.2. The van der Waals surface area contributed by atoms with Crippen LogP contribution in [0.5, 0.6) is 0 Å². The zero-order chi connectivity index (χ0) is 16.5. The van der Waals surface area contributed by atoms with Crippen molar-refractivity contribution in [3.63, 3.8) is 0 Å². The number of nitrogens with one attached hydrogen (secondary N) is 1. The second-order valence-electron chi connectivity index (χ2n) is 7.17.